The summed E-state index contributed by atoms with van der Waals surface area (Å²) in [5, 5.41) is 2.99. The molecule has 7 heteroatoms. The minimum absolute atomic E-state index is 0.00408. The van der Waals surface area contributed by atoms with Gasteiger partial charge in [-0.25, -0.2) is 0 Å². The molecule has 0 bridgehead atoms. The van der Waals surface area contributed by atoms with E-state index in [1.54, 1.807) is 7.11 Å². The van der Waals surface area contributed by atoms with Crippen molar-refractivity contribution in [3.63, 3.8) is 0 Å². The number of methoxy groups -OCH3 is 2. The Morgan fingerprint density at radius 3 is 2.63 bits per heavy atom. The van der Waals surface area contributed by atoms with Gasteiger partial charge >= 0.3 is 0 Å². The molecule has 0 spiro atoms. The zero-order valence-corrected chi connectivity index (χ0v) is 17.8. The van der Waals surface area contributed by atoms with Crippen molar-refractivity contribution in [2.75, 3.05) is 33.9 Å². The fourth-order valence-electron chi connectivity index (χ4n) is 3.76. The van der Waals surface area contributed by atoms with Crippen LogP contribution < -0.4 is 10.1 Å². The van der Waals surface area contributed by atoms with Crippen LogP contribution in [0.4, 0.5) is 0 Å². The van der Waals surface area contributed by atoms with Crippen molar-refractivity contribution in [3.05, 3.63) is 58.9 Å². The summed E-state index contributed by atoms with van der Waals surface area (Å²) in [5.74, 6) is 0.769. The summed E-state index contributed by atoms with van der Waals surface area (Å²) in [4.78, 5) is 31.5. The van der Waals surface area contributed by atoms with Gasteiger partial charge in [0.05, 0.1) is 18.4 Å². The minimum atomic E-state index is -0.141. The maximum absolute atomic E-state index is 12.9. The molecule has 1 aromatic carbocycles. The molecule has 2 aromatic rings. The fourth-order valence-corrected chi connectivity index (χ4v) is 3.76. The van der Waals surface area contributed by atoms with Gasteiger partial charge in [0.15, 0.2) is 0 Å². The third-order valence-corrected chi connectivity index (χ3v) is 5.40. The Morgan fingerprint density at radius 2 is 1.93 bits per heavy atom. The molecule has 1 N–H and O–H groups in total. The summed E-state index contributed by atoms with van der Waals surface area (Å²) < 4.78 is 10.2. The number of amides is 2. The second-order valence-corrected chi connectivity index (χ2v) is 7.51. The van der Waals surface area contributed by atoms with Gasteiger partial charge in [-0.1, -0.05) is 12.1 Å². The topological polar surface area (TPSA) is 80.8 Å². The standard InChI is InChI=1S/C23H29N3O4/c1-16-7-8-20(23(28)24-14-17-5-4-6-19(13-17)30-3)22(25-16)18-9-11-26(12-10-18)21(27)15-29-2/h4-8,13,18H,9-12,14-15H2,1-3H3,(H,24,28). The zero-order valence-electron chi connectivity index (χ0n) is 17.8. The highest BCUT2D eigenvalue weighted by Gasteiger charge is 2.27. The summed E-state index contributed by atoms with van der Waals surface area (Å²) in [6.45, 7) is 3.73. The molecule has 0 unspecified atom stereocenters. The van der Waals surface area contributed by atoms with Crippen LogP contribution >= 0.6 is 0 Å². The molecule has 160 valence electrons. The lowest BCUT2D eigenvalue weighted by Crippen LogP contribution is -2.40. The number of aromatic nitrogens is 1. The van der Waals surface area contributed by atoms with Crippen LogP contribution in [0.1, 0.15) is 46.1 Å². The second kappa shape index (κ2) is 10.2. The average molecular weight is 412 g/mol. The van der Waals surface area contributed by atoms with E-state index in [9.17, 15) is 9.59 Å². The van der Waals surface area contributed by atoms with Crippen molar-refractivity contribution in [2.45, 2.75) is 32.2 Å². The number of piperidine rings is 1. The molecule has 0 radical (unpaired) electrons. The number of benzene rings is 1. The van der Waals surface area contributed by atoms with Crippen molar-refractivity contribution in [2.24, 2.45) is 0 Å². The van der Waals surface area contributed by atoms with Crippen LogP contribution in [0.2, 0.25) is 0 Å². The number of pyridine rings is 1. The first-order chi connectivity index (χ1) is 14.5. The third-order valence-electron chi connectivity index (χ3n) is 5.40. The summed E-state index contributed by atoms with van der Waals surface area (Å²) in [5.41, 5.74) is 3.27. The predicted octanol–water partition coefficient (Wildman–Crippen LogP) is 2.68. The van der Waals surface area contributed by atoms with Crippen LogP contribution in [0, 0.1) is 6.92 Å². The van der Waals surface area contributed by atoms with Gasteiger partial charge in [0.1, 0.15) is 12.4 Å². The third kappa shape index (κ3) is 5.36. The van der Waals surface area contributed by atoms with E-state index in [1.807, 2.05) is 48.2 Å². The summed E-state index contributed by atoms with van der Waals surface area (Å²) in [7, 11) is 3.15. The number of carbonyl (C=O) groups is 2. The lowest BCUT2D eigenvalue weighted by Gasteiger charge is -2.32. The van der Waals surface area contributed by atoms with Crippen molar-refractivity contribution < 1.29 is 19.1 Å². The van der Waals surface area contributed by atoms with Gasteiger partial charge in [0, 0.05) is 38.4 Å². The molecule has 1 fully saturated rings. The Morgan fingerprint density at radius 1 is 1.17 bits per heavy atom. The van der Waals surface area contributed by atoms with Gasteiger partial charge in [0.2, 0.25) is 5.91 Å². The summed E-state index contributed by atoms with van der Waals surface area (Å²) in [6.07, 6.45) is 1.56. The van der Waals surface area contributed by atoms with Gasteiger partial charge in [0.25, 0.3) is 5.91 Å². The van der Waals surface area contributed by atoms with E-state index in [0.29, 0.717) is 25.2 Å². The highest BCUT2D eigenvalue weighted by atomic mass is 16.5. The molecule has 1 aromatic heterocycles. The maximum atomic E-state index is 12.9. The van der Waals surface area contributed by atoms with E-state index in [1.165, 1.54) is 7.11 Å². The molecule has 3 rings (SSSR count). The van der Waals surface area contributed by atoms with E-state index in [2.05, 4.69) is 5.32 Å². The molecule has 0 saturated carbocycles. The van der Waals surface area contributed by atoms with Crippen molar-refractivity contribution >= 4 is 11.8 Å². The lowest BCUT2D eigenvalue weighted by molar-refractivity contribution is -0.136. The van der Waals surface area contributed by atoms with E-state index in [-0.39, 0.29) is 24.3 Å². The molecule has 0 aliphatic carbocycles. The molecular formula is C23H29N3O4. The van der Waals surface area contributed by atoms with Crippen molar-refractivity contribution in [1.29, 1.82) is 0 Å². The Hall–Kier alpha value is -2.93. The molecule has 1 aliphatic rings. The number of nitrogens with one attached hydrogen (secondary N) is 1. The largest absolute Gasteiger partial charge is 0.497 e. The van der Waals surface area contributed by atoms with Crippen LogP contribution in [0.15, 0.2) is 36.4 Å². The Kier molecular flexibility index (Phi) is 7.41. The zero-order chi connectivity index (χ0) is 21.5. The van der Waals surface area contributed by atoms with E-state index in [0.717, 1.165) is 35.5 Å². The van der Waals surface area contributed by atoms with Crippen LogP contribution in [0.25, 0.3) is 0 Å². The number of likely N-dealkylation sites (tertiary alicyclic amines) is 1. The SMILES string of the molecule is COCC(=O)N1CCC(c2nc(C)ccc2C(=O)NCc2cccc(OC)c2)CC1. The predicted molar refractivity (Wildman–Crippen MR) is 114 cm³/mol. The molecule has 1 saturated heterocycles. The molecule has 2 heterocycles. The number of hydrogen-bond donors (Lipinski definition) is 1. The molecule has 7 nitrogen and oxygen atoms in total. The van der Waals surface area contributed by atoms with Gasteiger partial charge in [-0.15, -0.1) is 0 Å². The van der Waals surface area contributed by atoms with Gasteiger partial charge in [-0.3, -0.25) is 14.6 Å². The number of aryl methyl sites for hydroxylation is 1. The smallest absolute Gasteiger partial charge is 0.253 e. The molecular weight excluding hydrogens is 382 g/mol. The minimum Gasteiger partial charge on any atom is -0.497 e. The Bertz CT molecular complexity index is 892. The number of ether oxygens (including phenoxy) is 2. The number of carbonyl (C=O) groups excluding carboxylic acids is 2. The number of rotatable bonds is 7. The molecule has 1 aliphatic heterocycles. The van der Waals surface area contributed by atoms with Crippen LogP contribution in [-0.4, -0.2) is 55.6 Å². The van der Waals surface area contributed by atoms with E-state index in [4.69, 9.17) is 14.5 Å². The van der Waals surface area contributed by atoms with Gasteiger partial charge in [-0.2, -0.15) is 0 Å². The van der Waals surface area contributed by atoms with Crippen LogP contribution in [-0.2, 0) is 16.1 Å². The summed E-state index contributed by atoms with van der Waals surface area (Å²) >= 11 is 0. The molecule has 30 heavy (non-hydrogen) atoms. The lowest BCUT2D eigenvalue weighted by atomic mass is 9.89. The highest BCUT2D eigenvalue weighted by Crippen LogP contribution is 2.29. The van der Waals surface area contributed by atoms with E-state index >= 15 is 0 Å². The summed E-state index contributed by atoms with van der Waals surface area (Å²) in [6, 6.07) is 11.3. The maximum Gasteiger partial charge on any atom is 0.253 e. The Balaban J connectivity index is 1.69. The number of hydrogen-bond acceptors (Lipinski definition) is 5. The highest BCUT2D eigenvalue weighted by molar-refractivity contribution is 5.95. The monoisotopic (exact) mass is 411 g/mol. The quantitative estimate of drug-likeness (QED) is 0.758. The van der Waals surface area contributed by atoms with Gasteiger partial charge < -0.3 is 19.7 Å². The van der Waals surface area contributed by atoms with Crippen LogP contribution in [0.5, 0.6) is 5.75 Å². The van der Waals surface area contributed by atoms with Crippen molar-refractivity contribution in [1.82, 2.24) is 15.2 Å². The Labute approximate surface area is 177 Å². The van der Waals surface area contributed by atoms with Crippen molar-refractivity contribution in [3.8, 4) is 5.75 Å². The fraction of sp³-hybridized carbons (Fsp3) is 0.435. The number of nitrogens with zero attached hydrogens (tertiary/aromatic N) is 2. The first kappa shape index (κ1) is 21.8. The first-order valence-corrected chi connectivity index (χ1v) is 10.2. The average Bonchev–Trinajstić information content (AvgIpc) is 2.78. The molecule has 2 amide bonds. The first-order valence-electron chi connectivity index (χ1n) is 10.2. The second-order valence-electron chi connectivity index (χ2n) is 7.51. The van der Waals surface area contributed by atoms with Crippen LogP contribution in [0.3, 0.4) is 0 Å². The normalized spacial score (nSPS) is 14.4. The van der Waals surface area contributed by atoms with Gasteiger partial charge in [-0.05, 0) is 49.6 Å². The molecule has 0 atom stereocenters. The van der Waals surface area contributed by atoms with E-state index < -0.39 is 0 Å².